The molecule has 0 aliphatic carbocycles. The molecule has 0 radical (unpaired) electrons. The lowest BCUT2D eigenvalue weighted by molar-refractivity contribution is 0.0981. The third-order valence-corrected chi connectivity index (χ3v) is 2.57. The fourth-order valence-electron chi connectivity index (χ4n) is 1.21. The highest BCUT2D eigenvalue weighted by molar-refractivity contribution is 9.09. The van der Waals surface area contributed by atoms with Crippen molar-refractivity contribution in [3.05, 3.63) is 29.6 Å². The monoisotopic (exact) mass is 274 g/mol. The van der Waals surface area contributed by atoms with Crippen molar-refractivity contribution in [2.75, 3.05) is 12.4 Å². The van der Waals surface area contributed by atoms with E-state index < -0.39 is 5.82 Å². The highest BCUT2D eigenvalue weighted by atomic mass is 79.9. The summed E-state index contributed by atoms with van der Waals surface area (Å²) in [4.78, 5) is 11.5. The molecule has 0 aromatic heterocycles. The Balaban J connectivity index is 2.78. The second kappa shape index (κ2) is 5.85. The zero-order valence-corrected chi connectivity index (χ0v) is 10.0. The van der Waals surface area contributed by atoms with Gasteiger partial charge < -0.3 is 4.74 Å². The van der Waals surface area contributed by atoms with Crippen LogP contribution in [0.4, 0.5) is 4.39 Å². The number of benzene rings is 1. The average Bonchev–Trinajstić information content (AvgIpc) is 2.25. The quantitative estimate of drug-likeness (QED) is 0.609. The molecule has 15 heavy (non-hydrogen) atoms. The number of halogens is 2. The molecule has 1 aromatic rings. The Morgan fingerprint density at radius 3 is 2.80 bits per heavy atom. The summed E-state index contributed by atoms with van der Waals surface area (Å²) in [5.41, 5.74) is 0.397. The molecule has 0 heterocycles. The fraction of sp³-hybridized carbons (Fsp3) is 0.364. The van der Waals surface area contributed by atoms with Crippen molar-refractivity contribution in [3.63, 3.8) is 0 Å². The largest absolute Gasteiger partial charge is 0.494 e. The highest BCUT2D eigenvalue weighted by Crippen LogP contribution is 2.18. The van der Waals surface area contributed by atoms with Crippen LogP contribution < -0.4 is 4.74 Å². The second-order valence-electron chi connectivity index (χ2n) is 3.07. The number of Topliss-reactive ketones (excluding diaryl/α,β-unsaturated/α-hetero) is 1. The van der Waals surface area contributed by atoms with Gasteiger partial charge in [-0.05, 0) is 24.6 Å². The SMILES string of the molecule is COc1ccc(C(=O)CCCBr)cc1F. The van der Waals surface area contributed by atoms with Crippen LogP contribution in [0.5, 0.6) is 5.75 Å². The van der Waals surface area contributed by atoms with Crippen molar-refractivity contribution in [3.8, 4) is 5.75 Å². The fourth-order valence-corrected chi connectivity index (χ4v) is 1.49. The van der Waals surface area contributed by atoms with E-state index in [2.05, 4.69) is 15.9 Å². The maximum atomic E-state index is 13.2. The van der Waals surface area contributed by atoms with E-state index in [4.69, 9.17) is 4.74 Å². The standard InChI is InChI=1S/C11H12BrFO2/c1-15-11-5-4-8(7-9(11)13)10(14)3-2-6-12/h4-5,7H,2-3,6H2,1H3. The van der Waals surface area contributed by atoms with Crippen LogP contribution in [0.2, 0.25) is 0 Å². The number of carbonyl (C=O) groups is 1. The van der Waals surface area contributed by atoms with Crippen LogP contribution in [-0.2, 0) is 0 Å². The number of methoxy groups -OCH3 is 1. The third kappa shape index (κ3) is 3.30. The number of rotatable bonds is 5. The topological polar surface area (TPSA) is 26.3 Å². The lowest BCUT2D eigenvalue weighted by atomic mass is 10.1. The Morgan fingerprint density at radius 2 is 2.27 bits per heavy atom. The van der Waals surface area contributed by atoms with Gasteiger partial charge in [-0.1, -0.05) is 15.9 Å². The van der Waals surface area contributed by atoms with Crippen molar-refractivity contribution in [2.24, 2.45) is 0 Å². The minimum Gasteiger partial charge on any atom is -0.494 e. The van der Waals surface area contributed by atoms with Gasteiger partial charge in [0.15, 0.2) is 17.3 Å². The zero-order valence-electron chi connectivity index (χ0n) is 8.43. The van der Waals surface area contributed by atoms with Crippen LogP contribution in [0.3, 0.4) is 0 Å². The van der Waals surface area contributed by atoms with E-state index >= 15 is 0 Å². The van der Waals surface area contributed by atoms with Gasteiger partial charge in [-0.3, -0.25) is 4.79 Å². The molecular weight excluding hydrogens is 263 g/mol. The van der Waals surface area contributed by atoms with E-state index in [0.29, 0.717) is 12.0 Å². The summed E-state index contributed by atoms with van der Waals surface area (Å²) in [6.45, 7) is 0. The molecule has 82 valence electrons. The van der Waals surface area contributed by atoms with Gasteiger partial charge in [-0.15, -0.1) is 0 Å². The molecule has 0 saturated carbocycles. The van der Waals surface area contributed by atoms with Crippen molar-refractivity contribution < 1.29 is 13.9 Å². The van der Waals surface area contributed by atoms with Gasteiger partial charge in [0.05, 0.1) is 7.11 Å². The predicted octanol–water partition coefficient (Wildman–Crippen LogP) is 3.19. The number of ether oxygens (including phenoxy) is 1. The van der Waals surface area contributed by atoms with E-state index in [1.54, 1.807) is 6.07 Å². The van der Waals surface area contributed by atoms with Crippen LogP contribution in [0.1, 0.15) is 23.2 Å². The first kappa shape index (κ1) is 12.2. The van der Waals surface area contributed by atoms with Crippen molar-refractivity contribution >= 4 is 21.7 Å². The number of alkyl halides is 1. The Labute approximate surface area is 96.6 Å². The van der Waals surface area contributed by atoms with E-state index in [0.717, 1.165) is 11.8 Å². The molecule has 1 aromatic carbocycles. The van der Waals surface area contributed by atoms with E-state index in [1.807, 2.05) is 0 Å². The summed E-state index contributed by atoms with van der Waals surface area (Å²) in [5, 5.41) is 0.775. The Morgan fingerprint density at radius 1 is 1.53 bits per heavy atom. The molecule has 0 N–H and O–H groups in total. The van der Waals surface area contributed by atoms with Gasteiger partial charge in [0, 0.05) is 17.3 Å². The van der Waals surface area contributed by atoms with Gasteiger partial charge in [0.1, 0.15) is 0 Å². The van der Waals surface area contributed by atoms with Crippen molar-refractivity contribution in [1.82, 2.24) is 0 Å². The molecule has 0 bridgehead atoms. The maximum Gasteiger partial charge on any atom is 0.165 e. The van der Waals surface area contributed by atoms with E-state index in [1.165, 1.54) is 19.2 Å². The van der Waals surface area contributed by atoms with Crippen molar-refractivity contribution in [1.29, 1.82) is 0 Å². The normalized spacial score (nSPS) is 10.1. The first-order valence-corrected chi connectivity index (χ1v) is 5.74. The second-order valence-corrected chi connectivity index (χ2v) is 3.86. The van der Waals surface area contributed by atoms with Gasteiger partial charge in [0.25, 0.3) is 0 Å². The van der Waals surface area contributed by atoms with Crippen LogP contribution >= 0.6 is 15.9 Å². The molecule has 0 spiro atoms. The van der Waals surface area contributed by atoms with Crippen LogP contribution in [-0.4, -0.2) is 18.2 Å². The van der Waals surface area contributed by atoms with Crippen LogP contribution in [0.15, 0.2) is 18.2 Å². The molecule has 2 nitrogen and oxygen atoms in total. The Bertz CT molecular complexity index is 352. The molecule has 4 heteroatoms. The average molecular weight is 275 g/mol. The molecule has 0 unspecified atom stereocenters. The predicted molar refractivity (Wildman–Crippen MR) is 60.3 cm³/mol. The smallest absolute Gasteiger partial charge is 0.165 e. The Hall–Kier alpha value is -0.900. The van der Waals surface area contributed by atoms with Gasteiger partial charge in [-0.2, -0.15) is 0 Å². The number of hydrogen-bond donors (Lipinski definition) is 0. The molecule has 0 atom stereocenters. The summed E-state index contributed by atoms with van der Waals surface area (Å²) < 4.78 is 18.0. The zero-order chi connectivity index (χ0) is 11.3. The third-order valence-electron chi connectivity index (χ3n) is 2.01. The number of hydrogen-bond acceptors (Lipinski definition) is 2. The van der Waals surface area contributed by atoms with Gasteiger partial charge in [0.2, 0.25) is 0 Å². The minimum atomic E-state index is -0.498. The summed E-state index contributed by atoms with van der Waals surface area (Å²) >= 11 is 3.24. The molecular formula is C11H12BrFO2. The van der Waals surface area contributed by atoms with Crippen LogP contribution in [0.25, 0.3) is 0 Å². The Kier molecular flexibility index (Phi) is 4.75. The summed E-state index contributed by atoms with van der Waals surface area (Å²) in [6, 6.07) is 4.27. The summed E-state index contributed by atoms with van der Waals surface area (Å²) in [6.07, 6.45) is 1.18. The molecule has 0 aliphatic rings. The number of carbonyl (C=O) groups excluding carboxylic acids is 1. The van der Waals surface area contributed by atoms with E-state index in [-0.39, 0.29) is 11.5 Å². The van der Waals surface area contributed by atoms with Crippen LogP contribution in [0, 0.1) is 5.82 Å². The highest BCUT2D eigenvalue weighted by Gasteiger charge is 2.09. The summed E-state index contributed by atoms with van der Waals surface area (Å²) in [5.74, 6) is -0.384. The van der Waals surface area contributed by atoms with E-state index in [9.17, 15) is 9.18 Å². The van der Waals surface area contributed by atoms with Crippen molar-refractivity contribution in [2.45, 2.75) is 12.8 Å². The number of ketones is 1. The molecule has 0 amide bonds. The maximum absolute atomic E-state index is 13.2. The molecule has 0 aliphatic heterocycles. The molecule has 1 rings (SSSR count). The van der Waals surface area contributed by atoms with Gasteiger partial charge in [-0.25, -0.2) is 4.39 Å². The molecule has 0 fully saturated rings. The first-order chi connectivity index (χ1) is 7.19. The summed E-state index contributed by atoms with van der Waals surface area (Å²) in [7, 11) is 1.39. The minimum absolute atomic E-state index is 0.0454. The lowest BCUT2D eigenvalue weighted by Crippen LogP contribution is -2.00. The molecule has 0 saturated heterocycles. The van der Waals surface area contributed by atoms with Gasteiger partial charge >= 0.3 is 0 Å². The first-order valence-electron chi connectivity index (χ1n) is 4.61. The lowest BCUT2D eigenvalue weighted by Gasteiger charge is -2.04.